The molecule has 33 heavy (non-hydrogen) atoms. The van der Waals surface area contributed by atoms with Crippen molar-refractivity contribution in [1.82, 2.24) is 14.7 Å². The Kier molecular flexibility index (Phi) is 6.78. The molecule has 1 amide bonds. The second kappa shape index (κ2) is 10.1. The third-order valence-electron chi connectivity index (χ3n) is 5.27. The molecule has 4 aromatic rings. The Morgan fingerprint density at radius 2 is 1.76 bits per heavy atom. The third-order valence-corrected chi connectivity index (χ3v) is 5.27. The van der Waals surface area contributed by atoms with Crippen molar-refractivity contribution in [2.45, 2.75) is 19.9 Å². The fraction of sp³-hybridized carbons (Fsp3) is 0.231. The quantitative estimate of drug-likeness (QED) is 0.339. The van der Waals surface area contributed by atoms with Crippen molar-refractivity contribution in [3.05, 3.63) is 84.3 Å². The molecule has 0 aliphatic carbocycles. The van der Waals surface area contributed by atoms with E-state index in [4.69, 9.17) is 19.0 Å². The summed E-state index contributed by atoms with van der Waals surface area (Å²) in [5.41, 5.74) is 2.55. The molecule has 0 fully saturated rings. The van der Waals surface area contributed by atoms with Crippen LogP contribution in [0.5, 0.6) is 17.4 Å². The van der Waals surface area contributed by atoms with Crippen molar-refractivity contribution in [3.8, 4) is 28.6 Å². The lowest BCUT2D eigenvalue weighted by Gasteiger charge is -2.22. The summed E-state index contributed by atoms with van der Waals surface area (Å²) >= 11 is 0. The average molecular weight is 446 g/mol. The highest BCUT2D eigenvalue weighted by molar-refractivity contribution is 5.91. The van der Waals surface area contributed by atoms with Gasteiger partial charge in [0.15, 0.2) is 5.76 Å². The van der Waals surface area contributed by atoms with E-state index in [1.165, 1.54) is 6.26 Å². The Bertz CT molecular complexity index is 1180. The molecule has 0 aliphatic heterocycles. The predicted molar refractivity (Wildman–Crippen MR) is 125 cm³/mol. The molecule has 0 saturated carbocycles. The predicted octanol–water partition coefficient (Wildman–Crippen LogP) is 5.53. The van der Waals surface area contributed by atoms with E-state index in [1.807, 2.05) is 68.6 Å². The zero-order valence-electron chi connectivity index (χ0n) is 19.0. The lowest BCUT2D eigenvalue weighted by molar-refractivity contribution is 0.0710. The van der Waals surface area contributed by atoms with Gasteiger partial charge in [0.1, 0.15) is 17.2 Å². The number of furan rings is 1. The summed E-state index contributed by atoms with van der Waals surface area (Å²) in [6.45, 7) is 2.94. The second-order valence-corrected chi connectivity index (χ2v) is 7.60. The fourth-order valence-corrected chi connectivity index (χ4v) is 3.68. The lowest BCUT2D eigenvalue weighted by atomic mass is 10.1. The van der Waals surface area contributed by atoms with Gasteiger partial charge in [-0.25, -0.2) is 4.68 Å². The van der Waals surface area contributed by atoms with Crippen LogP contribution in [0.1, 0.15) is 29.5 Å². The standard InChI is InChI=1S/C26H27N3O4/c1-4-16-29(25(30)23-11-8-17-32-23)18-22-24(19-9-6-5-7-10-19)27-28(2)26(22)33-21-14-12-20(31-3)13-15-21/h5-15,17H,4,16,18H2,1-3H3. The number of carbonyl (C=O) groups is 1. The van der Waals surface area contributed by atoms with Gasteiger partial charge in [0.25, 0.3) is 5.91 Å². The molecular formula is C26H27N3O4. The number of aromatic nitrogens is 2. The smallest absolute Gasteiger partial charge is 0.289 e. The zero-order valence-corrected chi connectivity index (χ0v) is 19.0. The monoisotopic (exact) mass is 445 g/mol. The van der Waals surface area contributed by atoms with Crippen LogP contribution in [0.25, 0.3) is 11.3 Å². The summed E-state index contributed by atoms with van der Waals surface area (Å²) in [5.74, 6) is 2.12. The van der Waals surface area contributed by atoms with Crippen molar-refractivity contribution in [2.75, 3.05) is 13.7 Å². The summed E-state index contributed by atoms with van der Waals surface area (Å²) in [4.78, 5) is 14.9. The van der Waals surface area contributed by atoms with Crippen LogP contribution < -0.4 is 9.47 Å². The minimum absolute atomic E-state index is 0.167. The van der Waals surface area contributed by atoms with Gasteiger partial charge in [0.2, 0.25) is 5.88 Å². The number of aryl methyl sites for hydroxylation is 1. The molecule has 0 unspecified atom stereocenters. The fourth-order valence-electron chi connectivity index (χ4n) is 3.68. The molecule has 2 heterocycles. The van der Waals surface area contributed by atoms with E-state index in [0.717, 1.165) is 29.0 Å². The van der Waals surface area contributed by atoms with Gasteiger partial charge >= 0.3 is 0 Å². The molecule has 2 aromatic carbocycles. The van der Waals surface area contributed by atoms with Gasteiger partial charge in [-0.3, -0.25) is 4.79 Å². The van der Waals surface area contributed by atoms with Crippen LogP contribution in [0.15, 0.2) is 77.4 Å². The summed E-state index contributed by atoms with van der Waals surface area (Å²) in [5, 5.41) is 4.75. The van der Waals surface area contributed by atoms with E-state index < -0.39 is 0 Å². The Balaban J connectivity index is 1.74. The van der Waals surface area contributed by atoms with Crippen molar-refractivity contribution >= 4 is 5.91 Å². The van der Waals surface area contributed by atoms with E-state index in [1.54, 1.807) is 28.8 Å². The summed E-state index contributed by atoms with van der Waals surface area (Å²) in [7, 11) is 3.47. The van der Waals surface area contributed by atoms with Crippen LogP contribution in [0.2, 0.25) is 0 Å². The number of ether oxygens (including phenoxy) is 2. The first-order valence-electron chi connectivity index (χ1n) is 10.9. The van der Waals surface area contributed by atoms with E-state index in [9.17, 15) is 4.79 Å². The van der Waals surface area contributed by atoms with Gasteiger partial charge in [-0.1, -0.05) is 37.3 Å². The van der Waals surface area contributed by atoms with E-state index in [2.05, 4.69) is 0 Å². The third kappa shape index (κ3) is 4.92. The average Bonchev–Trinajstić information content (AvgIpc) is 3.49. The Morgan fingerprint density at radius 3 is 2.39 bits per heavy atom. The molecule has 2 aromatic heterocycles. The molecule has 0 spiro atoms. The van der Waals surface area contributed by atoms with Crippen LogP contribution in [-0.2, 0) is 13.6 Å². The van der Waals surface area contributed by atoms with Crippen LogP contribution in [0.3, 0.4) is 0 Å². The highest BCUT2D eigenvalue weighted by atomic mass is 16.5. The Labute approximate surface area is 193 Å². The minimum atomic E-state index is -0.167. The topological polar surface area (TPSA) is 69.7 Å². The van der Waals surface area contributed by atoms with Crippen molar-refractivity contribution in [2.24, 2.45) is 7.05 Å². The summed E-state index contributed by atoms with van der Waals surface area (Å²) < 4.78 is 18.6. The van der Waals surface area contributed by atoms with E-state index in [-0.39, 0.29) is 5.91 Å². The molecular weight excluding hydrogens is 418 g/mol. The highest BCUT2D eigenvalue weighted by Gasteiger charge is 2.25. The number of nitrogens with zero attached hydrogens (tertiary/aromatic N) is 3. The largest absolute Gasteiger partial charge is 0.497 e. The molecule has 170 valence electrons. The Morgan fingerprint density at radius 1 is 1.03 bits per heavy atom. The molecule has 0 radical (unpaired) electrons. The van der Waals surface area contributed by atoms with Crippen molar-refractivity contribution < 1.29 is 18.7 Å². The number of methoxy groups -OCH3 is 1. The molecule has 7 heteroatoms. The molecule has 7 nitrogen and oxygen atoms in total. The van der Waals surface area contributed by atoms with Crippen molar-refractivity contribution in [1.29, 1.82) is 0 Å². The van der Waals surface area contributed by atoms with Crippen LogP contribution >= 0.6 is 0 Å². The molecule has 4 rings (SSSR count). The minimum Gasteiger partial charge on any atom is -0.497 e. The Hall–Kier alpha value is -4.00. The van der Waals surface area contributed by atoms with Crippen LogP contribution in [0.4, 0.5) is 0 Å². The number of carbonyl (C=O) groups excluding carboxylic acids is 1. The van der Waals surface area contributed by atoms with Gasteiger partial charge in [0.05, 0.1) is 25.5 Å². The highest BCUT2D eigenvalue weighted by Crippen LogP contribution is 2.35. The SMILES string of the molecule is CCCN(Cc1c(-c2ccccc2)nn(C)c1Oc1ccc(OC)cc1)C(=O)c1ccco1. The number of rotatable bonds is 9. The number of amides is 1. The first-order valence-corrected chi connectivity index (χ1v) is 10.9. The maximum atomic E-state index is 13.1. The van der Waals surface area contributed by atoms with E-state index in [0.29, 0.717) is 30.5 Å². The van der Waals surface area contributed by atoms with E-state index >= 15 is 0 Å². The number of benzene rings is 2. The van der Waals surface area contributed by atoms with Gasteiger partial charge < -0.3 is 18.8 Å². The van der Waals surface area contributed by atoms with Gasteiger partial charge in [-0.15, -0.1) is 0 Å². The maximum absolute atomic E-state index is 13.1. The van der Waals surface area contributed by atoms with Gasteiger partial charge in [-0.05, 0) is 42.8 Å². The normalized spacial score (nSPS) is 10.8. The molecule has 0 atom stereocenters. The lowest BCUT2D eigenvalue weighted by Crippen LogP contribution is -2.31. The van der Waals surface area contributed by atoms with Crippen LogP contribution in [-0.4, -0.2) is 34.2 Å². The van der Waals surface area contributed by atoms with Crippen LogP contribution in [0, 0.1) is 0 Å². The first-order chi connectivity index (χ1) is 16.1. The first kappa shape index (κ1) is 22.2. The summed E-state index contributed by atoms with van der Waals surface area (Å²) in [6, 6.07) is 20.7. The molecule has 0 bridgehead atoms. The van der Waals surface area contributed by atoms with Crippen molar-refractivity contribution in [3.63, 3.8) is 0 Å². The zero-order chi connectivity index (χ0) is 23.2. The van der Waals surface area contributed by atoms with Gasteiger partial charge in [-0.2, -0.15) is 5.10 Å². The molecule has 0 aliphatic rings. The summed E-state index contributed by atoms with van der Waals surface area (Å²) in [6.07, 6.45) is 2.32. The molecule has 0 saturated heterocycles. The number of hydrogen-bond acceptors (Lipinski definition) is 5. The second-order valence-electron chi connectivity index (χ2n) is 7.60. The number of hydrogen-bond donors (Lipinski definition) is 0. The van der Waals surface area contributed by atoms with Gasteiger partial charge in [0, 0.05) is 19.2 Å². The maximum Gasteiger partial charge on any atom is 0.289 e. The molecule has 0 N–H and O–H groups in total.